The van der Waals surface area contributed by atoms with E-state index in [1.54, 1.807) is 19.2 Å². The van der Waals surface area contributed by atoms with Crippen LogP contribution in [0.4, 0.5) is 16.2 Å². The number of urea groups is 1. The van der Waals surface area contributed by atoms with Crippen LogP contribution in [0.5, 0.6) is 5.75 Å². The van der Waals surface area contributed by atoms with E-state index in [2.05, 4.69) is 20.8 Å². The molecule has 3 aromatic carbocycles. The van der Waals surface area contributed by atoms with Crippen LogP contribution < -0.4 is 15.4 Å². The standard InChI is InChI=1S/C23H20N4O3/c1-29-20-12-10-16(11-13-20)14-21-26-22(27-30-21)17-6-5-9-19(15-17)25-23(28)24-18-7-3-2-4-8-18/h2-13,15H,14H2,1H3,(H2,24,25,28). The van der Waals surface area contributed by atoms with Crippen molar-refractivity contribution in [2.45, 2.75) is 6.42 Å². The van der Waals surface area contributed by atoms with E-state index in [0.29, 0.717) is 29.5 Å². The SMILES string of the molecule is COc1ccc(Cc2nc(-c3cccc(NC(=O)Nc4ccccc4)c3)no2)cc1. The van der Waals surface area contributed by atoms with E-state index < -0.39 is 0 Å². The molecule has 0 aliphatic heterocycles. The van der Waals surface area contributed by atoms with Crippen molar-refractivity contribution in [2.24, 2.45) is 0 Å². The molecule has 0 radical (unpaired) electrons. The van der Waals surface area contributed by atoms with Crippen molar-refractivity contribution in [2.75, 3.05) is 17.7 Å². The Morgan fingerprint density at radius 3 is 2.43 bits per heavy atom. The second kappa shape index (κ2) is 8.91. The number of amides is 2. The van der Waals surface area contributed by atoms with Gasteiger partial charge in [-0.2, -0.15) is 4.98 Å². The van der Waals surface area contributed by atoms with Gasteiger partial charge in [0.15, 0.2) is 0 Å². The Labute approximate surface area is 173 Å². The molecule has 0 saturated heterocycles. The van der Waals surface area contributed by atoms with Crippen molar-refractivity contribution in [3.63, 3.8) is 0 Å². The molecule has 30 heavy (non-hydrogen) atoms. The molecule has 0 aliphatic carbocycles. The third-order valence-electron chi connectivity index (χ3n) is 4.39. The third-order valence-corrected chi connectivity index (χ3v) is 4.39. The van der Waals surface area contributed by atoms with Gasteiger partial charge in [0.25, 0.3) is 0 Å². The minimum atomic E-state index is -0.327. The lowest BCUT2D eigenvalue weighted by Gasteiger charge is -2.08. The van der Waals surface area contributed by atoms with Crippen LogP contribution in [-0.2, 0) is 6.42 Å². The highest BCUT2D eigenvalue weighted by molar-refractivity contribution is 6.00. The number of nitrogens with one attached hydrogen (secondary N) is 2. The summed E-state index contributed by atoms with van der Waals surface area (Å²) in [4.78, 5) is 16.7. The summed E-state index contributed by atoms with van der Waals surface area (Å²) in [5.41, 5.74) is 3.13. The molecule has 2 N–H and O–H groups in total. The maximum atomic E-state index is 12.2. The van der Waals surface area contributed by atoms with Crippen LogP contribution >= 0.6 is 0 Å². The predicted molar refractivity (Wildman–Crippen MR) is 115 cm³/mol. The average Bonchev–Trinajstić information content (AvgIpc) is 3.24. The van der Waals surface area contributed by atoms with Crippen LogP contribution in [0.3, 0.4) is 0 Å². The fraction of sp³-hybridized carbons (Fsp3) is 0.0870. The molecule has 4 rings (SSSR count). The normalized spacial score (nSPS) is 10.4. The lowest BCUT2D eigenvalue weighted by molar-refractivity contribution is 0.262. The van der Waals surface area contributed by atoms with E-state index in [0.717, 1.165) is 16.9 Å². The van der Waals surface area contributed by atoms with Crippen LogP contribution in [0.15, 0.2) is 83.4 Å². The van der Waals surface area contributed by atoms with Gasteiger partial charge in [0.05, 0.1) is 13.5 Å². The zero-order valence-corrected chi connectivity index (χ0v) is 16.3. The summed E-state index contributed by atoms with van der Waals surface area (Å²) < 4.78 is 10.6. The number of aromatic nitrogens is 2. The Kier molecular flexibility index (Phi) is 5.70. The van der Waals surface area contributed by atoms with Crippen LogP contribution in [0.1, 0.15) is 11.5 Å². The first-order valence-electron chi connectivity index (χ1n) is 9.38. The van der Waals surface area contributed by atoms with Crippen LogP contribution in [-0.4, -0.2) is 23.3 Å². The van der Waals surface area contributed by atoms with Crippen LogP contribution in [0, 0.1) is 0 Å². The molecule has 0 fully saturated rings. The van der Waals surface area contributed by atoms with E-state index in [1.165, 1.54) is 0 Å². The van der Waals surface area contributed by atoms with Gasteiger partial charge in [-0.05, 0) is 42.0 Å². The molecular formula is C23H20N4O3. The molecule has 2 amide bonds. The number of carbonyl (C=O) groups excluding carboxylic acids is 1. The van der Waals surface area contributed by atoms with Crippen molar-refractivity contribution in [3.05, 3.63) is 90.3 Å². The molecule has 7 heteroatoms. The Morgan fingerprint density at radius 2 is 1.67 bits per heavy atom. The monoisotopic (exact) mass is 400 g/mol. The number of ether oxygens (including phenoxy) is 1. The topological polar surface area (TPSA) is 89.3 Å². The van der Waals surface area contributed by atoms with Gasteiger partial charge in [-0.15, -0.1) is 0 Å². The van der Waals surface area contributed by atoms with Crippen molar-refractivity contribution in [3.8, 4) is 17.1 Å². The summed E-state index contributed by atoms with van der Waals surface area (Å²) >= 11 is 0. The highest BCUT2D eigenvalue weighted by atomic mass is 16.5. The summed E-state index contributed by atoms with van der Waals surface area (Å²) in [5.74, 6) is 1.77. The average molecular weight is 400 g/mol. The lowest BCUT2D eigenvalue weighted by Crippen LogP contribution is -2.19. The van der Waals surface area contributed by atoms with E-state index in [9.17, 15) is 4.79 Å². The first-order valence-corrected chi connectivity index (χ1v) is 9.38. The molecule has 150 valence electrons. The summed E-state index contributed by atoms with van der Waals surface area (Å²) in [7, 11) is 1.63. The largest absolute Gasteiger partial charge is 0.497 e. The van der Waals surface area contributed by atoms with Crippen LogP contribution in [0.2, 0.25) is 0 Å². The van der Waals surface area contributed by atoms with Gasteiger partial charge in [0, 0.05) is 16.9 Å². The van der Waals surface area contributed by atoms with Gasteiger partial charge >= 0.3 is 6.03 Å². The van der Waals surface area contributed by atoms with Gasteiger partial charge < -0.3 is 19.9 Å². The number of rotatable bonds is 6. The van der Waals surface area contributed by atoms with E-state index >= 15 is 0 Å². The van der Waals surface area contributed by atoms with E-state index in [1.807, 2.05) is 66.7 Å². The van der Waals surface area contributed by atoms with Gasteiger partial charge in [-0.25, -0.2) is 4.79 Å². The summed E-state index contributed by atoms with van der Waals surface area (Å²) in [5, 5.41) is 9.66. The number of anilines is 2. The Balaban J connectivity index is 1.42. The van der Waals surface area contributed by atoms with Crippen LogP contribution in [0.25, 0.3) is 11.4 Å². The molecule has 7 nitrogen and oxygen atoms in total. The molecule has 0 aliphatic rings. The third kappa shape index (κ3) is 4.82. The Bertz CT molecular complexity index is 1120. The number of para-hydroxylation sites is 1. The second-order valence-corrected chi connectivity index (χ2v) is 6.56. The van der Waals surface area contributed by atoms with Crippen molar-refractivity contribution >= 4 is 17.4 Å². The number of nitrogens with zero attached hydrogens (tertiary/aromatic N) is 2. The summed E-state index contributed by atoms with van der Waals surface area (Å²) in [6.07, 6.45) is 0.522. The quantitative estimate of drug-likeness (QED) is 0.476. The predicted octanol–water partition coefficient (Wildman–Crippen LogP) is 4.98. The zero-order chi connectivity index (χ0) is 20.8. The molecule has 0 bridgehead atoms. The van der Waals surface area contributed by atoms with Crippen molar-refractivity contribution in [1.82, 2.24) is 10.1 Å². The molecular weight excluding hydrogens is 380 g/mol. The molecule has 0 unspecified atom stereocenters. The maximum Gasteiger partial charge on any atom is 0.323 e. The lowest BCUT2D eigenvalue weighted by atomic mass is 10.1. The van der Waals surface area contributed by atoms with Gasteiger partial charge in [0.1, 0.15) is 5.75 Å². The Morgan fingerprint density at radius 1 is 0.933 bits per heavy atom. The van der Waals surface area contributed by atoms with E-state index in [4.69, 9.17) is 9.26 Å². The van der Waals surface area contributed by atoms with E-state index in [-0.39, 0.29) is 6.03 Å². The number of methoxy groups -OCH3 is 1. The van der Waals surface area contributed by atoms with Gasteiger partial charge in [-0.3, -0.25) is 0 Å². The Hall–Kier alpha value is -4.13. The summed E-state index contributed by atoms with van der Waals surface area (Å²) in [6, 6.07) is 23.9. The van der Waals surface area contributed by atoms with Gasteiger partial charge in [-0.1, -0.05) is 47.6 Å². The van der Waals surface area contributed by atoms with Crippen molar-refractivity contribution < 1.29 is 14.1 Å². The zero-order valence-electron chi connectivity index (χ0n) is 16.3. The van der Waals surface area contributed by atoms with Gasteiger partial charge in [0.2, 0.25) is 11.7 Å². The fourth-order valence-corrected chi connectivity index (χ4v) is 2.91. The minimum absolute atomic E-state index is 0.327. The number of hydrogen-bond donors (Lipinski definition) is 2. The van der Waals surface area contributed by atoms with Crippen molar-refractivity contribution in [1.29, 1.82) is 0 Å². The maximum absolute atomic E-state index is 12.2. The summed E-state index contributed by atoms with van der Waals surface area (Å²) in [6.45, 7) is 0. The molecule has 1 heterocycles. The first-order chi connectivity index (χ1) is 14.7. The smallest absolute Gasteiger partial charge is 0.323 e. The minimum Gasteiger partial charge on any atom is -0.497 e. The molecule has 0 saturated carbocycles. The second-order valence-electron chi connectivity index (χ2n) is 6.56. The molecule has 4 aromatic rings. The highest BCUT2D eigenvalue weighted by Crippen LogP contribution is 2.21. The molecule has 0 atom stereocenters. The first kappa shape index (κ1) is 19.2. The highest BCUT2D eigenvalue weighted by Gasteiger charge is 2.11. The number of benzene rings is 3. The number of carbonyl (C=O) groups is 1. The number of hydrogen-bond acceptors (Lipinski definition) is 5. The molecule has 1 aromatic heterocycles. The molecule has 0 spiro atoms. The fourth-order valence-electron chi connectivity index (χ4n) is 2.91.